The van der Waals surface area contributed by atoms with Crippen molar-refractivity contribution in [2.24, 2.45) is 0 Å². The van der Waals surface area contributed by atoms with E-state index in [4.69, 9.17) is 5.11 Å². The lowest BCUT2D eigenvalue weighted by atomic mass is 10.1. The Morgan fingerprint density at radius 2 is 1.37 bits per heavy atom. The van der Waals surface area contributed by atoms with Gasteiger partial charge in [-0.1, -0.05) is 26.0 Å². The molecule has 0 spiro atoms. The molecule has 0 saturated heterocycles. The summed E-state index contributed by atoms with van der Waals surface area (Å²) in [6.45, 7) is 3.94. The molecule has 2 aromatic heterocycles. The number of methoxy groups -OCH3 is 1. The monoisotopic (exact) mass is 408 g/mol. The number of thiol groups is 2. The molecule has 8 heteroatoms. The fourth-order valence-corrected chi connectivity index (χ4v) is 2.87. The molecule has 0 radical (unpaired) electrons. The van der Waals surface area contributed by atoms with Crippen LogP contribution < -0.4 is 0 Å². The minimum atomic E-state index is -0.986. The number of carboxylic acids is 1. The molecule has 1 N–H and O–H groups in total. The highest BCUT2D eigenvalue weighted by Gasteiger charge is 2.10. The molecule has 2 aromatic rings. The Morgan fingerprint density at radius 3 is 1.74 bits per heavy atom. The first-order valence-electron chi connectivity index (χ1n) is 8.42. The second kappa shape index (κ2) is 11.6. The van der Waals surface area contributed by atoms with Gasteiger partial charge in [0.15, 0.2) is 0 Å². The van der Waals surface area contributed by atoms with E-state index in [9.17, 15) is 9.59 Å². The zero-order valence-corrected chi connectivity index (χ0v) is 17.4. The molecule has 0 bridgehead atoms. The Kier molecular flexibility index (Phi) is 9.88. The molecule has 0 saturated carbocycles. The van der Waals surface area contributed by atoms with Crippen molar-refractivity contribution < 1.29 is 19.4 Å². The molecule has 27 heavy (non-hydrogen) atoms. The summed E-state index contributed by atoms with van der Waals surface area (Å²) in [5.74, 6) is -0.154. The van der Waals surface area contributed by atoms with E-state index in [-0.39, 0.29) is 5.69 Å². The van der Waals surface area contributed by atoms with Gasteiger partial charge in [-0.15, -0.1) is 0 Å². The number of esters is 1. The van der Waals surface area contributed by atoms with Crippen LogP contribution in [-0.4, -0.2) is 34.1 Å². The summed E-state index contributed by atoms with van der Waals surface area (Å²) in [7, 11) is 1.35. The molecule has 2 heterocycles. The summed E-state index contributed by atoms with van der Waals surface area (Å²) < 4.78 is 4.59. The van der Waals surface area contributed by atoms with Crippen molar-refractivity contribution in [3.63, 3.8) is 0 Å². The summed E-state index contributed by atoms with van der Waals surface area (Å²) >= 11 is 8.32. The van der Waals surface area contributed by atoms with Crippen molar-refractivity contribution >= 4 is 37.2 Å². The lowest BCUT2D eigenvalue weighted by Crippen LogP contribution is -2.07. The van der Waals surface area contributed by atoms with Crippen LogP contribution in [0.25, 0.3) is 0 Å². The fourth-order valence-electron chi connectivity index (χ4n) is 2.30. The van der Waals surface area contributed by atoms with Gasteiger partial charge in [-0.2, -0.15) is 25.3 Å². The molecule has 0 atom stereocenters. The van der Waals surface area contributed by atoms with Gasteiger partial charge >= 0.3 is 11.9 Å². The molecule has 0 aliphatic carbocycles. The quantitative estimate of drug-likeness (QED) is 0.500. The number of carbonyl (C=O) groups is 2. The minimum absolute atomic E-state index is 0.0994. The first-order valence-corrected chi connectivity index (χ1v) is 9.69. The smallest absolute Gasteiger partial charge is 0.356 e. The fraction of sp³-hybridized carbons (Fsp3) is 0.368. The predicted octanol–water partition coefficient (Wildman–Crippen LogP) is 3.63. The number of ether oxygens (including phenoxy) is 1. The van der Waals surface area contributed by atoms with E-state index in [1.165, 1.54) is 13.2 Å². The Bertz CT molecular complexity index is 797. The van der Waals surface area contributed by atoms with Crippen molar-refractivity contribution in [2.75, 3.05) is 7.11 Å². The van der Waals surface area contributed by atoms with Gasteiger partial charge in [-0.05, 0) is 36.1 Å². The highest BCUT2D eigenvalue weighted by molar-refractivity contribution is 7.79. The third-order valence-electron chi connectivity index (χ3n) is 3.76. The number of pyridine rings is 2. The number of rotatable bonds is 6. The van der Waals surface area contributed by atoms with Crippen LogP contribution in [0.5, 0.6) is 0 Å². The van der Waals surface area contributed by atoms with E-state index >= 15 is 0 Å². The maximum Gasteiger partial charge on any atom is 0.356 e. The van der Waals surface area contributed by atoms with Crippen LogP contribution in [0.1, 0.15) is 57.3 Å². The Hall–Kier alpha value is -2.06. The minimum Gasteiger partial charge on any atom is -0.477 e. The maximum atomic E-state index is 11.2. The van der Waals surface area contributed by atoms with Gasteiger partial charge in [0.1, 0.15) is 11.4 Å². The second-order valence-corrected chi connectivity index (χ2v) is 6.06. The van der Waals surface area contributed by atoms with Crippen molar-refractivity contribution in [2.45, 2.75) is 38.2 Å². The average Bonchev–Trinajstić information content (AvgIpc) is 2.72. The first kappa shape index (κ1) is 23.0. The van der Waals surface area contributed by atoms with Gasteiger partial charge in [-0.25, -0.2) is 19.6 Å². The molecule has 0 aliphatic heterocycles. The van der Waals surface area contributed by atoms with Crippen molar-refractivity contribution in [3.8, 4) is 0 Å². The number of aromatic carboxylic acids is 1. The second-order valence-electron chi connectivity index (χ2n) is 5.42. The van der Waals surface area contributed by atoms with E-state index < -0.39 is 11.9 Å². The highest BCUT2D eigenvalue weighted by atomic mass is 32.1. The van der Waals surface area contributed by atoms with Crippen molar-refractivity contribution in [3.05, 3.63) is 58.2 Å². The number of aromatic nitrogens is 2. The highest BCUT2D eigenvalue weighted by Crippen LogP contribution is 2.12. The summed E-state index contributed by atoms with van der Waals surface area (Å²) in [5, 5.41) is 8.69. The maximum absolute atomic E-state index is 11.2. The van der Waals surface area contributed by atoms with Crippen LogP contribution in [0.3, 0.4) is 0 Å². The van der Waals surface area contributed by atoms with E-state index in [0.717, 1.165) is 35.4 Å². The Labute approximate surface area is 170 Å². The number of carbonyl (C=O) groups excluding carboxylic acids is 1. The molecule has 0 fully saturated rings. The molecular formula is C19H24N2O4S2. The zero-order chi connectivity index (χ0) is 20.4. The molecular weight excluding hydrogens is 384 g/mol. The van der Waals surface area contributed by atoms with Crippen LogP contribution >= 0.6 is 25.3 Å². The number of hydrogen-bond donors (Lipinski definition) is 3. The number of carboxylic acid groups (broad SMARTS) is 1. The summed E-state index contributed by atoms with van der Waals surface area (Å²) in [6, 6.07) is 6.80. The van der Waals surface area contributed by atoms with Gasteiger partial charge in [-0.3, -0.25) is 0 Å². The normalized spacial score (nSPS) is 9.96. The zero-order valence-electron chi connectivity index (χ0n) is 15.6. The van der Waals surface area contributed by atoms with Crippen LogP contribution in [0.4, 0.5) is 0 Å². The predicted molar refractivity (Wildman–Crippen MR) is 111 cm³/mol. The lowest BCUT2D eigenvalue weighted by molar-refractivity contribution is 0.0592. The standard InChI is InChI=1S/C10H13NO2S.C9H11NO2S/c1-3-8-7(6-14)4-5-9(11-8)10(12)13-2;1-2-7-6(5-13)3-4-8(10-7)9(11)12/h4-5,14H,3,6H2,1-2H3;3-4,13H,2,5H2,1H3,(H,11,12). The van der Waals surface area contributed by atoms with E-state index in [1.807, 2.05) is 19.9 Å². The molecule has 0 aromatic carbocycles. The SMILES string of the molecule is CCc1nc(C(=O)O)ccc1CS.CCc1nc(C(=O)OC)ccc1CS. The third kappa shape index (κ3) is 6.55. The molecule has 0 aliphatic rings. The number of aryl methyl sites for hydroxylation is 2. The number of nitrogens with zero attached hydrogens (tertiary/aromatic N) is 2. The molecule has 6 nitrogen and oxygen atoms in total. The van der Waals surface area contributed by atoms with E-state index in [0.29, 0.717) is 17.2 Å². The molecule has 146 valence electrons. The van der Waals surface area contributed by atoms with Gasteiger partial charge in [0.05, 0.1) is 7.11 Å². The number of hydrogen-bond acceptors (Lipinski definition) is 7. The van der Waals surface area contributed by atoms with Crippen molar-refractivity contribution in [1.82, 2.24) is 9.97 Å². The summed E-state index contributed by atoms with van der Waals surface area (Å²) in [5.41, 5.74) is 4.23. The third-order valence-corrected chi connectivity index (χ3v) is 4.44. The van der Waals surface area contributed by atoms with E-state index in [2.05, 4.69) is 40.0 Å². The summed E-state index contributed by atoms with van der Waals surface area (Å²) in [6.07, 6.45) is 1.53. The first-order chi connectivity index (χ1) is 12.9. The summed E-state index contributed by atoms with van der Waals surface area (Å²) in [4.78, 5) is 30.0. The Balaban J connectivity index is 0.000000271. The van der Waals surface area contributed by atoms with E-state index in [1.54, 1.807) is 12.1 Å². The van der Waals surface area contributed by atoms with Crippen LogP contribution in [-0.2, 0) is 29.1 Å². The average molecular weight is 409 g/mol. The van der Waals surface area contributed by atoms with Crippen LogP contribution in [0, 0.1) is 0 Å². The molecule has 2 rings (SSSR count). The lowest BCUT2D eigenvalue weighted by Gasteiger charge is -2.05. The van der Waals surface area contributed by atoms with Gasteiger partial charge < -0.3 is 9.84 Å². The van der Waals surface area contributed by atoms with Crippen LogP contribution in [0.2, 0.25) is 0 Å². The van der Waals surface area contributed by atoms with Crippen LogP contribution in [0.15, 0.2) is 24.3 Å². The topological polar surface area (TPSA) is 89.4 Å². The van der Waals surface area contributed by atoms with Gasteiger partial charge in [0.2, 0.25) is 0 Å². The van der Waals surface area contributed by atoms with Crippen molar-refractivity contribution in [1.29, 1.82) is 0 Å². The largest absolute Gasteiger partial charge is 0.477 e. The van der Waals surface area contributed by atoms with Gasteiger partial charge in [0, 0.05) is 22.9 Å². The van der Waals surface area contributed by atoms with Gasteiger partial charge in [0.25, 0.3) is 0 Å². The Morgan fingerprint density at radius 1 is 0.926 bits per heavy atom. The molecule has 0 unspecified atom stereocenters. The molecule has 0 amide bonds.